The Morgan fingerprint density at radius 2 is 2.19 bits per heavy atom. The number of hydrogen-bond acceptors (Lipinski definition) is 3. The van der Waals surface area contributed by atoms with Crippen molar-refractivity contribution in [1.29, 1.82) is 0 Å². The summed E-state index contributed by atoms with van der Waals surface area (Å²) in [6.07, 6.45) is 0. The number of anilines is 1. The molecule has 0 aliphatic carbocycles. The maximum atomic E-state index is 11.8. The van der Waals surface area contributed by atoms with Gasteiger partial charge < -0.3 is 16.2 Å². The first-order valence-electron chi connectivity index (χ1n) is 4.85. The topological polar surface area (TPSA) is 75.3 Å². The molecule has 4 N–H and O–H groups in total. The van der Waals surface area contributed by atoms with E-state index in [1.54, 1.807) is 32.0 Å². The summed E-state index contributed by atoms with van der Waals surface area (Å²) in [6.45, 7) is 3.44. The molecule has 0 aliphatic heterocycles. The lowest BCUT2D eigenvalue weighted by atomic mass is 10.1. The highest BCUT2D eigenvalue weighted by Gasteiger charge is 2.16. The van der Waals surface area contributed by atoms with Crippen LogP contribution in [0.3, 0.4) is 0 Å². The summed E-state index contributed by atoms with van der Waals surface area (Å²) in [7, 11) is 0. The summed E-state index contributed by atoms with van der Waals surface area (Å²) < 4.78 is 0.676. The lowest BCUT2D eigenvalue weighted by molar-refractivity contribution is 0.0694. The summed E-state index contributed by atoms with van der Waals surface area (Å²) in [5, 5.41) is 12.1. The third kappa shape index (κ3) is 3.83. The van der Waals surface area contributed by atoms with E-state index in [2.05, 4.69) is 21.2 Å². The zero-order chi connectivity index (χ0) is 12.3. The fraction of sp³-hybridized carbons (Fsp3) is 0.364. The highest BCUT2D eigenvalue weighted by atomic mass is 79.9. The normalized spacial score (nSPS) is 11.2. The monoisotopic (exact) mass is 286 g/mol. The van der Waals surface area contributed by atoms with Gasteiger partial charge in [0.2, 0.25) is 0 Å². The predicted molar refractivity (Wildman–Crippen MR) is 67.2 cm³/mol. The maximum Gasteiger partial charge on any atom is 0.252 e. The second-order valence-corrected chi connectivity index (χ2v) is 5.09. The van der Waals surface area contributed by atoms with Crippen molar-refractivity contribution in [2.24, 2.45) is 0 Å². The lowest BCUT2D eigenvalue weighted by Crippen LogP contribution is -2.38. The molecule has 1 amide bonds. The molecule has 0 spiro atoms. The number of aliphatic hydroxyl groups is 1. The van der Waals surface area contributed by atoms with E-state index in [9.17, 15) is 9.90 Å². The van der Waals surface area contributed by atoms with Crippen LogP contribution < -0.4 is 11.1 Å². The Hall–Kier alpha value is -1.07. The smallest absolute Gasteiger partial charge is 0.252 e. The zero-order valence-corrected chi connectivity index (χ0v) is 10.8. The van der Waals surface area contributed by atoms with Gasteiger partial charge in [0.05, 0.1) is 11.2 Å². The molecule has 16 heavy (non-hydrogen) atoms. The minimum absolute atomic E-state index is 0.188. The SMILES string of the molecule is CC(C)(O)CNC(=O)c1cc(N)ccc1Br. The van der Waals surface area contributed by atoms with E-state index in [-0.39, 0.29) is 12.5 Å². The first-order chi connectivity index (χ1) is 7.29. The number of nitrogen functional groups attached to an aromatic ring is 1. The maximum absolute atomic E-state index is 11.8. The Morgan fingerprint density at radius 3 is 2.75 bits per heavy atom. The lowest BCUT2D eigenvalue weighted by Gasteiger charge is -2.18. The van der Waals surface area contributed by atoms with Gasteiger partial charge in [-0.2, -0.15) is 0 Å². The Morgan fingerprint density at radius 1 is 1.56 bits per heavy atom. The van der Waals surface area contributed by atoms with Gasteiger partial charge in [0.25, 0.3) is 5.91 Å². The number of carbonyl (C=O) groups excluding carboxylic acids is 1. The van der Waals surface area contributed by atoms with Gasteiger partial charge in [-0.3, -0.25) is 4.79 Å². The fourth-order valence-corrected chi connectivity index (χ4v) is 1.54. The van der Waals surface area contributed by atoms with Crippen molar-refractivity contribution >= 4 is 27.5 Å². The fourth-order valence-electron chi connectivity index (χ4n) is 1.11. The molecule has 0 saturated carbocycles. The van der Waals surface area contributed by atoms with Crippen molar-refractivity contribution < 1.29 is 9.90 Å². The molecule has 0 aromatic heterocycles. The summed E-state index contributed by atoms with van der Waals surface area (Å²) in [5.74, 6) is -0.263. The van der Waals surface area contributed by atoms with Gasteiger partial charge in [0.15, 0.2) is 0 Å². The van der Waals surface area contributed by atoms with E-state index < -0.39 is 5.60 Å². The molecular weight excluding hydrogens is 272 g/mol. The average molecular weight is 287 g/mol. The Kier molecular flexibility index (Phi) is 3.93. The van der Waals surface area contributed by atoms with Crippen LogP contribution in [0.25, 0.3) is 0 Å². The predicted octanol–water partition coefficient (Wildman–Crippen LogP) is 1.53. The largest absolute Gasteiger partial charge is 0.399 e. The second-order valence-electron chi connectivity index (χ2n) is 4.23. The van der Waals surface area contributed by atoms with Crippen LogP contribution in [-0.4, -0.2) is 23.2 Å². The molecule has 1 aromatic carbocycles. The highest BCUT2D eigenvalue weighted by molar-refractivity contribution is 9.10. The average Bonchev–Trinajstić information content (AvgIpc) is 2.17. The van der Waals surface area contributed by atoms with E-state index >= 15 is 0 Å². The third-order valence-corrected chi connectivity index (χ3v) is 2.61. The molecule has 0 radical (unpaired) electrons. The molecule has 1 aromatic rings. The van der Waals surface area contributed by atoms with Crippen LogP contribution in [0.2, 0.25) is 0 Å². The molecule has 4 nitrogen and oxygen atoms in total. The van der Waals surface area contributed by atoms with Gasteiger partial charge in [-0.1, -0.05) is 0 Å². The van der Waals surface area contributed by atoms with Gasteiger partial charge in [0, 0.05) is 16.7 Å². The molecule has 0 atom stereocenters. The van der Waals surface area contributed by atoms with Crippen LogP contribution in [0, 0.1) is 0 Å². The second kappa shape index (κ2) is 4.84. The Labute approximate surface area is 103 Å². The van der Waals surface area contributed by atoms with Crippen molar-refractivity contribution in [3.63, 3.8) is 0 Å². The quantitative estimate of drug-likeness (QED) is 0.738. The van der Waals surface area contributed by atoms with E-state index in [1.165, 1.54) is 0 Å². The summed E-state index contributed by atoms with van der Waals surface area (Å²) in [4.78, 5) is 11.8. The van der Waals surface area contributed by atoms with Crippen LogP contribution in [0.1, 0.15) is 24.2 Å². The van der Waals surface area contributed by atoms with Crippen molar-refractivity contribution in [2.45, 2.75) is 19.4 Å². The molecule has 88 valence electrons. The van der Waals surface area contributed by atoms with Crippen LogP contribution in [-0.2, 0) is 0 Å². The number of halogens is 1. The van der Waals surface area contributed by atoms with Gasteiger partial charge >= 0.3 is 0 Å². The Bertz CT molecular complexity index is 399. The van der Waals surface area contributed by atoms with Gasteiger partial charge in [-0.15, -0.1) is 0 Å². The molecular formula is C11H15BrN2O2. The summed E-state index contributed by atoms with van der Waals surface area (Å²) in [5.41, 5.74) is 5.66. The number of carbonyl (C=O) groups is 1. The zero-order valence-electron chi connectivity index (χ0n) is 9.25. The minimum atomic E-state index is -0.928. The van der Waals surface area contributed by atoms with Gasteiger partial charge in [0.1, 0.15) is 0 Å². The highest BCUT2D eigenvalue weighted by Crippen LogP contribution is 2.19. The van der Waals surface area contributed by atoms with Crippen molar-refractivity contribution in [1.82, 2.24) is 5.32 Å². The molecule has 0 bridgehead atoms. The molecule has 0 aliphatic rings. The van der Waals surface area contributed by atoms with Crippen molar-refractivity contribution in [3.8, 4) is 0 Å². The number of benzene rings is 1. The van der Waals surface area contributed by atoms with Crippen molar-refractivity contribution in [3.05, 3.63) is 28.2 Å². The van der Waals surface area contributed by atoms with E-state index in [0.29, 0.717) is 15.7 Å². The summed E-state index contributed by atoms with van der Waals surface area (Å²) in [6, 6.07) is 5.01. The van der Waals surface area contributed by atoms with Crippen LogP contribution >= 0.6 is 15.9 Å². The van der Waals surface area contributed by atoms with Crippen LogP contribution in [0.15, 0.2) is 22.7 Å². The molecule has 0 unspecified atom stereocenters. The van der Waals surface area contributed by atoms with Crippen LogP contribution in [0.5, 0.6) is 0 Å². The van der Waals surface area contributed by atoms with E-state index in [1.807, 2.05) is 0 Å². The van der Waals surface area contributed by atoms with E-state index in [4.69, 9.17) is 5.73 Å². The standard InChI is InChI=1S/C11H15BrN2O2/c1-11(2,16)6-14-10(15)8-5-7(13)3-4-9(8)12/h3-5,16H,6,13H2,1-2H3,(H,14,15). The number of hydrogen-bond donors (Lipinski definition) is 3. The number of rotatable bonds is 3. The number of nitrogens with two attached hydrogens (primary N) is 1. The van der Waals surface area contributed by atoms with E-state index in [0.717, 1.165) is 0 Å². The summed E-state index contributed by atoms with van der Waals surface area (Å²) >= 11 is 3.27. The first-order valence-corrected chi connectivity index (χ1v) is 5.64. The number of nitrogens with one attached hydrogen (secondary N) is 1. The van der Waals surface area contributed by atoms with Crippen LogP contribution in [0.4, 0.5) is 5.69 Å². The minimum Gasteiger partial charge on any atom is -0.399 e. The first kappa shape index (κ1) is 13.0. The molecule has 0 saturated heterocycles. The molecule has 1 rings (SSSR count). The van der Waals surface area contributed by atoms with Gasteiger partial charge in [-0.25, -0.2) is 0 Å². The third-order valence-electron chi connectivity index (χ3n) is 1.92. The molecule has 0 heterocycles. The molecule has 0 fully saturated rings. The number of amides is 1. The molecule has 5 heteroatoms. The van der Waals surface area contributed by atoms with Crippen molar-refractivity contribution in [2.75, 3.05) is 12.3 Å². The van der Waals surface area contributed by atoms with Gasteiger partial charge in [-0.05, 0) is 48.0 Å². The Balaban J connectivity index is 2.77.